The van der Waals surface area contributed by atoms with Gasteiger partial charge in [-0.05, 0) is 42.3 Å². The van der Waals surface area contributed by atoms with Crippen molar-refractivity contribution >= 4 is 40.0 Å². The lowest BCUT2D eigenvalue weighted by molar-refractivity contribution is -0.125. The maximum Gasteiger partial charge on any atom is 0.246 e. The van der Waals surface area contributed by atoms with Crippen molar-refractivity contribution < 1.29 is 14.0 Å². The molecular weight excluding hydrogens is 451 g/mol. The number of hydrogen-bond donors (Lipinski definition) is 0. The van der Waals surface area contributed by atoms with Crippen LogP contribution in [0.15, 0.2) is 66.1 Å². The molecule has 1 aromatic heterocycles. The van der Waals surface area contributed by atoms with Crippen molar-refractivity contribution in [2.75, 3.05) is 31.1 Å². The molecule has 176 valence electrons. The lowest BCUT2D eigenvalue weighted by Crippen LogP contribution is -2.34. The van der Waals surface area contributed by atoms with Crippen LogP contribution < -0.4 is 4.90 Å². The van der Waals surface area contributed by atoms with Gasteiger partial charge in [-0.25, -0.2) is 9.37 Å². The molecular formula is C26H27FN4O2S. The molecule has 0 saturated carbocycles. The number of halogens is 1. The van der Waals surface area contributed by atoms with Gasteiger partial charge in [-0.1, -0.05) is 30.3 Å². The van der Waals surface area contributed by atoms with Crippen molar-refractivity contribution in [1.29, 1.82) is 0 Å². The molecule has 6 nitrogen and oxygen atoms in total. The van der Waals surface area contributed by atoms with E-state index in [9.17, 15) is 14.0 Å². The van der Waals surface area contributed by atoms with Crippen LogP contribution in [-0.2, 0) is 16.1 Å². The van der Waals surface area contributed by atoms with E-state index in [0.29, 0.717) is 23.9 Å². The van der Waals surface area contributed by atoms with Crippen molar-refractivity contribution in [2.45, 2.75) is 19.9 Å². The first kappa shape index (κ1) is 23.8. The number of benzene rings is 2. The molecule has 1 saturated heterocycles. The smallest absolute Gasteiger partial charge is 0.246 e. The van der Waals surface area contributed by atoms with Crippen molar-refractivity contribution in [1.82, 2.24) is 14.8 Å². The van der Waals surface area contributed by atoms with E-state index in [1.165, 1.54) is 30.4 Å². The first-order chi connectivity index (χ1) is 16.5. The number of nitrogens with zero attached hydrogens (tertiary/aromatic N) is 4. The highest BCUT2D eigenvalue weighted by molar-refractivity contribution is 7.14. The minimum atomic E-state index is -0.232. The standard InChI is InChI=1S/C26H27FN4O2S/c1-20(32)31(24-6-3-2-4-7-24)26-28-23(19-34-26)12-13-25(33)30-15-5-14-29(16-17-30)18-21-8-10-22(27)11-9-21/h2-4,6-13,19H,5,14-18H2,1H3/b13-12+. The number of aromatic nitrogens is 1. The van der Waals surface area contributed by atoms with E-state index >= 15 is 0 Å². The van der Waals surface area contributed by atoms with Gasteiger partial charge < -0.3 is 4.90 Å². The highest BCUT2D eigenvalue weighted by Crippen LogP contribution is 2.29. The van der Waals surface area contributed by atoms with E-state index in [-0.39, 0.29) is 17.6 Å². The molecule has 3 aromatic rings. The van der Waals surface area contributed by atoms with Gasteiger partial charge in [0.15, 0.2) is 5.13 Å². The number of carbonyl (C=O) groups is 2. The second-order valence-corrected chi connectivity index (χ2v) is 9.00. The van der Waals surface area contributed by atoms with Gasteiger partial charge in [-0.15, -0.1) is 11.3 Å². The third kappa shape index (κ3) is 6.15. The van der Waals surface area contributed by atoms with Crippen molar-refractivity contribution in [3.8, 4) is 0 Å². The summed E-state index contributed by atoms with van der Waals surface area (Å²) >= 11 is 1.36. The van der Waals surface area contributed by atoms with Gasteiger partial charge in [-0.3, -0.25) is 19.4 Å². The summed E-state index contributed by atoms with van der Waals surface area (Å²) in [7, 11) is 0. The molecule has 2 heterocycles. The summed E-state index contributed by atoms with van der Waals surface area (Å²) in [5.74, 6) is -0.406. The van der Waals surface area contributed by atoms with Crippen LogP contribution in [0.5, 0.6) is 0 Å². The quantitative estimate of drug-likeness (QED) is 0.482. The maximum atomic E-state index is 13.1. The minimum absolute atomic E-state index is 0.0512. The fraction of sp³-hybridized carbons (Fsp3) is 0.269. The molecule has 2 aromatic carbocycles. The normalized spacial score (nSPS) is 14.8. The molecule has 2 amide bonds. The SMILES string of the molecule is CC(=O)N(c1ccccc1)c1nc(/C=C/C(=O)N2CCCN(Cc3ccc(F)cc3)CC2)cs1. The fourth-order valence-corrected chi connectivity index (χ4v) is 4.77. The molecule has 0 atom stereocenters. The summed E-state index contributed by atoms with van der Waals surface area (Å²) in [6.45, 7) is 5.24. The van der Waals surface area contributed by atoms with Crippen LogP contribution in [0.2, 0.25) is 0 Å². The highest BCUT2D eigenvalue weighted by Gasteiger charge is 2.19. The van der Waals surface area contributed by atoms with Gasteiger partial charge in [-0.2, -0.15) is 0 Å². The molecule has 0 aliphatic carbocycles. The number of para-hydroxylation sites is 1. The van der Waals surface area contributed by atoms with Crippen LogP contribution in [0, 0.1) is 5.82 Å². The van der Waals surface area contributed by atoms with E-state index in [0.717, 1.165) is 37.3 Å². The zero-order valence-electron chi connectivity index (χ0n) is 19.1. The van der Waals surface area contributed by atoms with Crippen LogP contribution >= 0.6 is 11.3 Å². The predicted molar refractivity (Wildman–Crippen MR) is 133 cm³/mol. The lowest BCUT2D eigenvalue weighted by Gasteiger charge is -2.21. The van der Waals surface area contributed by atoms with E-state index in [4.69, 9.17) is 0 Å². The number of amides is 2. The second kappa shape index (κ2) is 11.2. The minimum Gasteiger partial charge on any atom is -0.338 e. The fourth-order valence-electron chi connectivity index (χ4n) is 3.92. The number of carbonyl (C=O) groups excluding carboxylic acids is 2. The Labute approximate surface area is 202 Å². The Balaban J connectivity index is 1.35. The summed E-state index contributed by atoms with van der Waals surface area (Å²) in [5, 5.41) is 2.40. The molecule has 4 rings (SSSR count). The third-order valence-electron chi connectivity index (χ3n) is 5.65. The molecule has 34 heavy (non-hydrogen) atoms. The monoisotopic (exact) mass is 478 g/mol. The summed E-state index contributed by atoms with van der Waals surface area (Å²) in [6.07, 6.45) is 4.13. The van der Waals surface area contributed by atoms with E-state index in [1.807, 2.05) is 40.6 Å². The Hall–Kier alpha value is -3.36. The van der Waals surface area contributed by atoms with Gasteiger partial charge in [0.25, 0.3) is 0 Å². The van der Waals surface area contributed by atoms with Crippen LogP contribution in [0.3, 0.4) is 0 Å². The largest absolute Gasteiger partial charge is 0.338 e. The van der Waals surface area contributed by atoms with Gasteiger partial charge in [0, 0.05) is 51.1 Å². The molecule has 0 unspecified atom stereocenters. The summed E-state index contributed by atoms with van der Waals surface area (Å²) in [6, 6.07) is 15.9. The number of rotatable bonds is 6. The Bertz CT molecular complexity index is 1150. The van der Waals surface area contributed by atoms with Gasteiger partial charge >= 0.3 is 0 Å². The van der Waals surface area contributed by atoms with Crippen LogP contribution in [0.4, 0.5) is 15.2 Å². The first-order valence-electron chi connectivity index (χ1n) is 11.2. The molecule has 0 spiro atoms. The van der Waals surface area contributed by atoms with Crippen molar-refractivity contribution in [3.05, 3.63) is 83.1 Å². The Morgan fingerprint density at radius 3 is 2.56 bits per heavy atom. The number of thiazole rings is 1. The van der Waals surface area contributed by atoms with E-state index < -0.39 is 0 Å². The van der Waals surface area contributed by atoms with Gasteiger partial charge in [0.1, 0.15) is 5.82 Å². The van der Waals surface area contributed by atoms with Gasteiger partial charge in [0.05, 0.1) is 11.4 Å². The Morgan fingerprint density at radius 1 is 1.06 bits per heavy atom. The third-order valence-corrected chi connectivity index (χ3v) is 6.49. The summed E-state index contributed by atoms with van der Waals surface area (Å²) in [4.78, 5) is 35.2. The van der Waals surface area contributed by atoms with E-state index in [1.54, 1.807) is 29.2 Å². The lowest BCUT2D eigenvalue weighted by atomic mass is 10.2. The maximum absolute atomic E-state index is 13.1. The first-order valence-corrected chi connectivity index (χ1v) is 12.1. The molecule has 0 radical (unpaired) electrons. The van der Waals surface area contributed by atoms with Gasteiger partial charge in [0.2, 0.25) is 11.8 Å². The predicted octanol–water partition coefficient (Wildman–Crippen LogP) is 4.71. The zero-order chi connectivity index (χ0) is 23.9. The topological polar surface area (TPSA) is 56.8 Å². The van der Waals surface area contributed by atoms with Crippen LogP contribution in [-0.4, -0.2) is 52.8 Å². The molecule has 0 N–H and O–H groups in total. The average molecular weight is 479 g/mol. The summed E-state index contributed by atoms with van der Waals surface area (Å²) in [5.41, 5.74) is 2.46. The molecule has 1 aliphatic rings. The highest BCUT2D eigenvalue weighted by atomic mass is 32.1. The zero-order valence-corrected chi connectivity index (χ0v) is 19.9. The molecule has 1 fully saturated rings. The van der Waals surface area contributed by atoms with Crippen LogP contribution in [0.25, 0.3) is 6.08 Å². The number of hydrogen-bond acceptors (Lipinski definition) is 5. The Morgan fingerprint density at radius 2 is 1.82 bits per heavy atom. The van der Waals surface area contributed by atoms with E-state index in [2.05, 4.69) is 9.88 Å². The molecule has 8 heteroatoms. The van der Waals surface area contributed by atoms with Crippen molar-refractivity contribution in [3.63, 3.8) is 0 Å². The summed E-state index contributed by atoms with van der Waals surface area (Å²) < 4.78 is 13.1. The van der Waals surface area contributed by atoms with Crippen molar-refractivity contribution in [2.24, 2.45) is 0 Å². The average Bonchev–Trinajstić information content (AvgIpc) is 3.16. The second-order valence-electron chi connectivity index (χ2n) is 8.16. The molecule has 1 aliphatic heterocycles. The number of anilines is 2. The van der Waals surface area contributed by atoms with Crippen LogP contribution in [0.1, 0.15) is 24.6 Å². The Kier molecular flexibility index (Phi) is 7.82. The molecule has 0 bridgehead atoms.